The van der Waals surface area contributed by atoms with Crippen molar-refractivity contribution in [1.29, 1.82) is 0 Å². The third kappa shape index (κ3) is 7.49. The molecule has 0 spiro atoms. The predicted octanol–water partition coefficient (Wildman–Crippen LogP) is 3.93. The smallest absolute Gasteiger partial charge is 0.255 e. The van der Waals surface area contributed by atoms with Crippen LogP contribution in [0.2, 0.25) is 0 Å². The number of carbonyl (C=O) groups excluding carboxylic acids is 3. The third-order valence-electron chi connectivity index (χ3n) is 8.48. The fourth-order valence-corrected chi connectivity index (χ4v) is 5.85. The summed E-state index contributed by atoms with van der Waals surface area (Å²) in [5.41, 5.74) is 8.70. The third-order valence-corrected chi connectivity index (χ3v) is 8.48. The van der Waals surface area contributed by atoms with Crippen LogP contribution in [0.4, 0.5) is 11.4 Å². The minimum atomic E-state index is -0.358. The lowest BCUT2D eigenvalue weighted by Gasteiger charge is -2.37. The fourth-order valence-electron chi connectivity index (χ4n) is 5.85. The Kier molecular flexibility index (Phi) is 10.1. The van der Waals surface area contributed by atoms with E-state index in [2.05, 4.69) is 15.5 Å². The van der Waals surface area contributed by atoms with Crippen LogP contribution in [0, 0.1) is 0 Å². The summed E-state index contributed by atoms with van der Waals surface area (Å²) >= 11 is 0. The second kappa shape index (κ2) is 14.3. The minimum Gasteiger partial charge on any atom is -0.497 e. The SMILES string of the molecule is COc1cccc(C(=O)N2CCN(c3ccc(C(=O)NC4CCC(N)CC4)cc3NC(=O)c3ccc(OC)c(OC)c3)CC2)c1. The van der Waals surface area contributed by atoms with E-state index in [0.717, 1.165) is 31.4 Å². The Morgan fingerprint density at radius 2 is 1.42 bits per heavy atom. The van der Waals surface area contributed by atoms with Crippen LogP contribution in [-0.4, -0.2) is 82.2 Å². The molecule has 0 unspecified atom stereocenters. The highest BCUT2D eigenvalue weighted by Gasteiger charge is 2.26. The van der Waals surface area contributed by atoms with Crippen molar-refractivity contribution in [3.8, 4) is 17.2 Å². The molecule has 1 aliphatic carbocycles. The molecule has 1 aliphatic heterocycles. The Hall–Kier alpha value is -4.77. The molecule has 1 saturated carbocycles. The van der Waals surface area contributed by atoms with E-state index in [4.69, 9.17) is 19.9 Å². The van der Waals surface area contributed by atoms with Crippen molar-refractivity contribution in [3.05, 3.63) is 77.4 Å². The van der Waals surface area contributed by atoms with Crippen LogP contribution in [0.25, 0.3) is 0 Å². The second-order valence-corrected chi connectivity index (χ2v) is 11.4. The van der Waals surface area contributed by atoms with Gasteiger partial charge in [0.05, 0.1) is 32.7 Å². The fraction of sp³-hybridized carbons (Fsp3) is 0.382. The highest BCUT2D eigenvalue weighted by molar-refractivity contribution is 6.07. The maximum atomic E-state index is 13.5. The van der Waals surface area contributed by atoms with E-state index in [1.807, 2.05) is 11.0 Å². The van der Waals surface area contributed by atoms with Gasteiger partial charge in [-0.3, -0.25) is 14.4 Å². The van der Waals surface area contributed by atoms with Crippen LogP contribution in [0.1, 0.15) is 56.8 Å². The lowest BCUT2D eigenvalue weighted by atomic mass is 9.91. The normalized spacial score (nSPS) is 18.1. The zero-order valence-electron chi connectivity index (χ0n) is 26.0. The molecule has 3 amide bonds. The Labute approximate surface area is 263 Å². The van der Waals surface area contributed by atoms with Crippen LogP contribution in [-0.2, 0) is 0 Å². The molecule has 2 aliphatic rings. The number of nitrogens with two attached hydrogens (primary N) is 1. The number of ether oxygens (including phenoxy) is 3. The summed E-state index contributed by atoms with van der Waals surface area (Å²) in [4.78, 5) is 43.9. The molecule has 4 N–H and O–H groups in total. The van der Waals surface area contributed by atoms with Gasteiger partial charge in [-0.2, -0.15) is 0 Å². The molecular formula is C34H41N5O6. The van der Waals surface area contributed by atoms with E-state index in [-0.39, 0.29) is 29.8 Å². The Balaban J connectivity index is 1.36. The molecule has 0 atom stereocenters. The van der Waals surface area contributed by atoms with Crippen LogP contribution in [0.3, 0.4) is 0 Å². The number of hydrogen-bond donors (Lipinski definition) is 3. The molecule has 5 rings (SSSR count). The topological polar surface area (TPSA) is 135 Å². The van der Waals surface area contributed by atoms with E-state index in [9.17, 15) is 14.4 Å². The summed E-state index contributed by atoms with van der Waals surface area (Å²) in [5, 5.41) is 6.15. The standard InChI is InChI=1S/C34H41N5O6/c1-43-27-6-4-5-24(19-27)34(42)39-17-15-38(16-18-39)29-13-7-22(32(40)36-26-11-9-25(35)10-12-26)20-28(29)37-33(41)23-8-14-30(44-2)31(21-23)45-3/h4-8,13-14,19-21,25-26H,9-12,15-18,35H2,1-3H3,(H,36,40)(H,37,41). The molecule has 0 radical (unpaired) electrons. The number of hydrogen-bond acceptors (Lipinski definition) is 8. The van der Waals surface area contributed by atoms with Gasteiger partial charge < -0.3 is 40.4 Å². The molecule has 11 heteroatoms. The predicted molar refractivity (Wildman–Crippen MR) is 173 cm³/mol. The van der Waals surface area contributed by atoms with Gasteiger partial charge in [0.25, 0.3) is 17.7 Å². The van der Waals surface area contributed by atoms with Gasteiger partial charge in [0.2, 0.25) is 0 Å². The van der Waals surface area contributed by atoms with E-state index < -0.39 is 0 Å². The average Bonchev–Trinajstić information content (AvgIpc) is 3.08. The van der Waals surface area contributed by atoms with Gasteiger partial charge >= 0.3 is 0 Å². The average molecular weight is 616 g/mol. The summed E-state index contributed by atoms with van der Waals surface area (Å²) < 4.78 is 16.0. The zero-order chi connectivity index (χ0) is 31.9. The van der Waals surface area contributed by atoms with Crippen molar-refractivity contribution in [1.82, 2.24) is 10.2 Å². The molecule has 1 saturated heterocycles. The van der Waals surface area contributed by atoms with Crippen molar-refractivity contribution >= 4 is 29.1 Å². The second-order valence-electron chi connectivity index (χ2n) is 11.4. The molecular weight excluding hydrogens is 574 g/mol. The van der Waals surface area contributed by atoms with E-state index in [1.165, 1.54) is 14.2 Å². The van der Waals surface area contributed by atoms with E-state index in [0.29, 0.717) is 65.8 Å². The van der Waals surface area contributed by atoms with Gasteiger partial charge in [-0.15, -0.1) is 0 Å². The number of piperazine rings is 1. The summed E-state index contributed by atoms with van der Waals surface area (Å²) in [6.45, 7) is 2.07. The van der Waals surface area contributed by atoms with Crippen LogP contribution < -0.4 is 35.5 Å². The zero-order valence-corrected chi connectivity index (χ0v) is 26.0. The van der Waals surface area contributed by atoms with Gasteiger partial charge in [-0.05, 0) is 80.3 Å². The van der Waals surface area contributed by atoms with Crippen molar-refractivity contribution in [2.24, 2.45) is 5.73 Å². The van der Waals surface area contributed by atoms with Crippen LogP contribution >= 0.6 is 0 Å². The molecule has 2 fully saturated rings. The summed E-state index contributed by atoms with van der Waals surface area (Å²) in [5.74, 6) is 0.956. The largest absolute Gasteiger partial charge is 0.497 e. The number of rotatable bonds is 9. The van der Waals surface area contributed by atoms with Crippen LogP contribution in [0.5, 0.6) is 17.2 Å². The maximum absolute atomic E-state index is 13.5. The van der Waals surface area contributed by atoms with Crippen molar-refractivity contribution in [2.75, 3.05) is 57.7 Å². The number of benzene rings is 3. The number of amides is 3. The van der Waals surface area contributed by atoms with Gasteiger partial charge in [-0.25, -0.2) is 0 Å². The monoisotopic (exact) mass is 615 g/mol. The lowest BCUT2D eigenvalue weighted by Crippen LogP contribution is -2.49. The minimum absolute atomic E-state index is 0.0637. The lowest BCUT2D eigenvalue weighted by molar-refractivity contribution is 0.0746. The first-order valence-corrected chi connectivity index (χ1v) is 15.2. The van der Waals surface area contributed by atoms with Crippen LogP contribution in [0.15, 0.2) is 60.7 Å². The van der Waals surface area contributed by atoms with Crippen molar-refractivity contribution in [2.45, 2.75) is 37.8 Å². The van der Waals surface area contributed by atoms with Gasteiger partial charge in [0.1, 0.15) is 5.75 Å². The number of anilines is 2. The Morgan fingerprint density at radius 1 is 0.733 bits per heavy atom. The Bertz CT molecular complexity index is 1530. The molecule has 3 aromatic rings. The summed E-state index contributed by atoms with van der Waals surface area (Å²) in [6, 6.07) is 17.7. The molecule has 3 aromatic carbocycles. The highest BCUT2D eigenvalue weighted by atomic mass is 16.5. The van der Waals surface area contributed by atoms with Gasteiger partial charge in [0.15, 0.2) is 11.5 Å². The molecule has 0 aromatic heterocycles. The molecule has 238 valence electrons. The maximum Gasteiger partial charge on any atom is 0.255 e. The highest BCUT2D eigenvalue weighted by Crippen LogP contribution is 2.32. The van der Waals surface area contributed by atoms with E-state index >= 15 is 0 Å². The number of nitrogens with zero attached hydrogens (tertiary/aromatic N) is 2. The quantitative estimate of drug-likeness (QED) is 0.330. The molecule has 45 heavy (non-hydrogen) atoms. The molecule has 11 nitrogen and oxygen atoms in total. The molecule has 1 heterocycles. The summed E-state index contributed by atoms with van der Waals surface area (Å²) in [7, 11) is 4.62. The summed E-state index contributed by atoms with van der Waals surface area (Å²) in [6.07, 6.45) is 3.44. The van der Waals surface area contributed by atoms with E-state index in [1.54, 1.807) is 61.7 Å². The van der Waals surface area contributed by atoms with Gasteiger partial charge in [0, 0.05) is 55.0 Å². The van der Waals surface area contributed by atoms with Crippen molar-refractivity contribution in [3.63, 3.8) is 0 Å². The number of carbonyl (C=O) groups is 3. The first-order valence-electron chi connectivity index (χ1n) is 15.2. The van der Waals surface area contributed by atoms with Gasteiger partial charge in [-0.1, -0.05) is 6.07 Å². The first kappa shape index (κ1) is 31.6. The Morgan fingerprint density at radius 3 is 2.11 bits per heavy atom. The first-order chi connectivity index (χ1) is 21.8. The molecule has 0 bridgehead atoms. The number of nitrogens with one attached hydrogen (secondary N) is 2. The van der Waals surface area contributed by atoms with Crippen molar-refractivity contribution < 1.29 is 28.6 Å². The number of methoxy groups -OCH3 is 3.